The van der Waals surface area contributed by atoms with Gasteiger partial charge in [-0.15, -0.1) is 0 Å². The van der Waals surface area contributed by atoms with E-state index >= 15 is 0 Å². The quantitative estimate of drug-likeness (QED) is 0.599. The highest BCUT2D eigenvalue weighted by molar-refractivity contribution is 7.89. The van der Waals surface area contributed by atoms with Gasteiger partial charge in [-0.3, -0.25) is 0 Å². The minimum absolute atomic E-state index is 0.0812. The molecule has 1 aromatic rings. The second-order valence-electron chi connectivity index (χ2n) is 4.23. The third kappa shape index (κ3) is 3.18. The van der Waals surface area contributed by atoms with E-state index in [0.29, 0.717) is 12.4 Å². The smallest absolute Gasteiger partial charge is 0.244 e. The van der Waals surface area contributed by atoms with Crippen molar-refractivity contribution in [3.05, 3.63) is 18.3 Å². The second-order valence-corrected chi connectivity index (χ2v) is 6.12. The number of sulfonamides is 1. The van der Waals surface area contributed by atoms with Gasteiger partial charge in [-0.25, -0.2) is 19.2 Å². The molecule has 1 aromatic heterocycles. The number of anilines is 1. The number of rotatable bonds is 6. The number of aromatic nitrogens is 1. The molecule has 0 unspecified atom stereocenters. The fourth-order valence-electron chi connectivity index (χ4n) is 1.63. The molecule has 0 saturated heterocycles. The fourth-order valence-corrected chi connectivity index (χ4v) is 3.30. The van der Waals surface area contributed by atoms with E-state index in [1.807, 2.05) is 20.8 Å². The normalized spacial score (nSPS) is 12.1. The molecule has 0 atom stereocenters. The highest BCUT2D eigenvalue weighted by Gasteiger charge is 2.26. The molecule has 102 valence electrons. The Kier molecular flexibility index (Phi) is 5.06. The summed E-state index contributed by atoms with van der Waals surface area (Å²) in [5, 5.41) is 0. The van der Waals surface area contributed by atoms with Gasteiger partial charge in [0.05, 0.1) is 0 Å². The van der Waals surface area contributed by atoms with Crippen LogP contribution >= 0.6 is 0 Å². The Morgan fingerprint density at radius 2 is 2.11 bits per heavy atom. The van der Waals surface area contributed by atoms with Gasteiger partial charge in [-0.2, -0.15) is 4.31 Å². The Morgan fingerprint density at radius 3 is 2.50 bits per heavy atom. The average Bonchev–Trinajstić information content (AvgIpc) is 2.35. The van der Waals surface area contributed by atoms with Gasteiger partial charge < -0.3 is 5.43 Å². The predicted octanol–water partition coefficient (Wildman–Crippen LogP) is 1.18. The maximum Gasteiger partial charge on any atom is 0.244 e. The third-order valence-corrected chi connectivity index (χ3v) is 4.57. The van der Waals surface area contributed by atoms with E-state index in [4.69, 9.17) is 5.84 Å². The number of pyridine rings is 1. The van der Waals surface area contributed by atoms with E-state index in [-0.39, 0.29) is 10.9 Å². The van der Waals surface area contributed by atoms with Crippen molar-refractivity contribution in [2.75, 3.05) is 12.0 Å². The lowest BCUT2D eigenvalue weighted by atomic mass is 10.4. The van der Waals surface area contributed by atoms with Crippen molar-refractivity contribution in [1.29, 1.82) is 0 Å². The Morgan fingerprint density at radius 1 is 1.44 bits per heavy atom. The fraction of sp³-hybridized carbons (Fsp3) is 0.545. The van der Waals surface area contributed by atoms with Gasteiger partial charge in [0.25, 0.3) is 0 Å². The van der Waals surface area contributed by atoms with Crippen molar-refractivity contribution in [2.45, 2.75) is 38.1 Å². The molecule has 0 spiro atoms. The minimum atomic E-state index is -3.49. The van der Waals surface area contributed by atoms with Crippen LogP contribution in [0.4, 0.5) is 5.82 Å². The maximum atomic E-state index is 12.4. The molecule has 0 aliphatic carbocycles. The van der Waals surface area contributed by atoms with Crippen LogP contribution in [0.1, 0.15) is 27.2 Å². The van der Waals surface area contributed by atoms with Crippen LogP contribution in [-0.4, -0.2) is 30.3 Å². The number of nitrogens with zero attached hydrogens (tertiary/aromatic N) is 2. The monoisotopic (exact) mass is 272 g/mol. The van der Waals surface area contributed by atoms with Crippen molar-refractivity contribution in [3.63, 3.8) is 0 Å². The summed E-state index contributed by atoms with van der Waals surface area (Å²) < 4.78 is 26.3. The number of nitrogens with two attached hydrogens (primary N) is 1. The largest absolute Gasteiger partial charge is 0.308 e. The molecule has 0 saturated carbocycles. The van der Waals surface area contributed by atoms with Crippen LogP contribution in [-0.2, 0) is 10.0 Å². The van der Waals surface area contributed by atoms with Crippen LogP contribution in [0.5, 0.6) is 0 Å². The summed E-state index contributed by atoms with van der Waals surface area (Å²) in [6.45, 7) is 6.16. The zero-order valence-electron chi connectivity index (χ0n) is 10.9. The van der Waals surface area contributed by atoms with Gasteiger partial charge >= 0.3 is 0 Å². The molecule has 6 nitrogen and oxygen atoms in total. The number of nitrogen functional groups attached to an aromatic ring is 1. The van der Waals surface area contributed by atoms with Crippen molar-refractivity contribution < 1.29 is 8.42 Å². The van der Waals surface area contributed by atoms with E-state index in [0.717, 1.165) is 6.42 Å². The van der Waals surface area contributed by atoms with Crippen LogP contribution in [0.25, 0.3) is 0 Å². The van der Waals surface area contributed by atoms with Crippen LogP contribution in [0.2, 0.25) is 0 Å². The second kappa shape index (κ2) is 6.12. The van der Waals surface area contributed by atoms with E-state index in [2.05, 4.69) is 10.4 Å². The van der Waals surface area contributed by atoms with Gasteiger partial charge in [0.2, 0.25) is 10.0 Å². The number of hydrogen-bond donors (Lipinski definition) is 2. The Balaban J connectivity index is 3.09. The first kappa shape index (κ1) is 14.9. The standard InChI is InChI=1S/C11H20N4O2S/c1-4-7-15(9(2)3)18(16,17)10-5-6-11(14-12)13-8-10/h5-6,8-9H,4,7,12H2,1-3H3,(H,13,14). The first-order valence-electron chi connectivity index (χ1n) is 5.88. The molecule has 0 amide bonds. The summed E-state index contributed by atoms with van der Waals surface area (Å²) in [7, 11) is -3.49. The van der Waals surface area contributed by atoms with E-state index in [9.17, 15) is 8.42 Å². The van der Waals surface area contributed by atoms with Gasteiger partial charge in [0, 0.05) is 18.8 Å². The molecule has 0 radical (unpaired) electrons. The highest BCUT2D eigenvalue weighted by Crippen LogP contribution is 2.18. The van der Waals surface area contributed by atoms with Crippen molar-refractivity contribution in [3.8, 4) is 0 Å². The Hall–Kier alpha value is -1.18. The maximum absolute atomic E-state index is 12.4. The van der Waals surface area contributed by atoms with Gasteiger partial charge in [-0.05, 0) is 32.4 Å². The molecule has 0 aromatic carbocycles. The molecular formula is C11H20N4O2S. The topological polar surface area (TPSA) is 88.3 Å². The summed E-state index contributed by atoms with van der Waals surface area (Å²) >= 11 is 0. The van der Waals surface area contributed by atoms with Crippen LogP contribution in [0.3, 0.4) is 0 Å². The van der Waals surface area contributed by atoms with Gasteiger partial charge in [0.1, 0.15) is 10.7 Å². The lowest BCUT2D eigenvalue weighted by Crippen LogP contribution is -2.37. The zero-order valence-corrected chi connectivity index (χ0v) is 11.7. The molecule has 0 aliphatic heterocycles. The first-order chi connectivity index (χ1) is 8.43. The van der Waals surface area contributed by atoms with Crippen LogP contribution in [0, 0.1) is 0 Å². The van der Waals surface area contributed by atoms with E-state index < -0.39 is 10.0 Å². The molecule has 0 bridgehead atoms. The summed E-state index contributed by atoms with van der Waals surface area (Å²) in [5.74, 6) is 5.62. The zero-order chi connectivity index (χ0) is 13.8. The summed E-state index contributed by atoms with van der Waals surface area (Å²) in [6.07, 6.45) is 2.09. The molecule has 18 heavy (non-hydrogen) atoms. The molecular weight excluding hydrogens is 252 g/mol. The molecule has 0 fully saturated rings. The summed E-state index contributed by atoms with van der Waals surface area (Å²) in [6, 6.07) is 2.96. The third-order valence-electron chi connectivity index (χ3n) is 2.51. The summed E-state index contributed by atoms with van der Waals surface area (Å²) in [5.41, 5.74) is 2.36. The van der Waals surface area contributed by atoms with Gasteiger partial charge in [0.15, 0.2) is 0 Å². The number of hydrazine groups is 1. The minimum Gasteiger partial charge on any atom is -0.308 e. The highest BCUT2D eigenvalue weighted by atomic mass is 32.2. The number of nitrogens with one attached hydrogen (secondary N) is 1. The Bertz CT molecular complexity index is 470. The number of hydrogen-bond acceptors (Lipinski definition) is 5. The predicted molar refractivity (Wildman–Crippen MR) is 71.4 cm³/mol. The Labute approximate surface area is 108 Å². The van der Waals surface area contributed by atoms with Crippen LogP contribution in [0.15, 0.2) is 23.2 Å². The molecule has 1 rings (SSSR count). The summed E-state index contributed by atoms with van der Waals surface area (Å²) in [4.78, 5) is 4.11. The first-order valence-corrected chi connectivity index (χ1v) is 7.32. The van der Waals surface area contributed by atoms with E-state index in [1.165, 1.54) is 22.6 Å². The molecule has 0 aliphatic rings. The molecule has 7 heteroatoms. The van der Waals surface area contributed by atoms with Crippen molar-refractivity contribution >= 4 is 15.8 Å². The molecule has 1 heterocycles. The van der Waals surface area contributed by atoms with E-state index in [1.54, 1.807) is 0 Å². The van der Waals surface area contributed by atoms with Crippen molar-refractivity contribution in [2.24, 2.45) is 5.84 Å². The van der Waals surface area contributed by atoms with Crippen molar-refractivity contribution in [1.82, 2.24) is 9.29 Å². The lowest BCUT2D eigenvalue weighted by Gasteiger charge is -2.25. The molecule has 3 N–H and O–H groups in total. The van der Waals surface area contributed by atoms with Gasteiger partial charge in [-0.1, -0.05) is 6.92 Å². The lowest BCUT2D eigenvalue weighted by molar-refractivity contribution is 0.354. The average molecular weight is 272 g/mol. The SMILES string of the molecule is CCCN(C(C)C)S(=O)(=O)c1ccc(NN)nc1. The van der Waals surface area contributed by atoms with Crippen LogP contribution < -0.4 is 11.3 Å².